The molecule has 0 amide bonds. The zero-order valence-electron chi connectivity index (χ0n) is 16.4. The Morgan fingerprint density at radius 3 is 1.78 bits per heavy atom. The summed E-state index contributed by atoms with van der Waals surface area (Å²) in [6.45, 7) is 8.46. The summed E-state index contributed by atoms with van der Waals surface area (Å²) in [4.78, 5) is 23.0. The van der Waals surface area contributed by atoms with E-state index in [1.165, 1.54) is 0 Å². The van der Waals surface area contributed by atoms with Gasteiger partial charge in [0, 0.05) is 12.5 Å². The first-order valence-corrected chi connectivity index (χ1v) is 11.1. The van der Waals surface area contributed by atoms with E-state index < -0.39 is 26.6 Å². The highest BCUT2D eigenvalue weighted by Gasteiger charge is 2.50. The molecule has 0 spiro atoms. The van der Waals surface area contributed by atoms with Crippen molar-refractivity contribution in [1.29, 1.82) is 0 Å². The van der Waals surface area contributed by atoms with Gasteiger partial charge < -0.3 is 9.53 Å². The van der Waals surface area contributed by atoms with Gasteiger partial charge in [0.1, 0.15) is 12.2 Å². The molecular formula is C22H28O4Si. The van der Waals surface area contributed by atoms with Crippen LogP contribution in [0.1, 0.15) is 34.1 Å². The first kappa shape index (κ1) is 21.1. The molecule has 0 saturated carbocycles. The van der Waals surface area contributed by atoms with Crippen LogP contribution in [0, 0.1) is 5.92 Å². The van der Waals surface area contributed by atoms with E-state index in [-0.39, 0.29) is 17.4 Å². The molecule has 0 unspecified atom stereocenters. The second-order valence-electron chi connectivity index (χ2n) is 7.91. The Balaban J connectivity index is 2.47. The van der Waals surface area contributed by atoms with Crippen molar-refractivity contribution in [3.63, 3.8) is 0 Å². The normalized spacial score (nSPS) is 13.2. The van der Waals surface area contributed by atoms with Gasteiger partial charge >= 0.3 is 5.97 Å². The second-order valence-corrected chi connectivity index (χ2v) is 12.2. The molecule has 27 heavy (non-hydrogen) atoms. The Kier molecular flexibility index (Phi) is 6.73. The maximum atomic E-state index is 12.1. The zero-order valence-corrected chi connectivity index (χ0v) is 17.4. The van der Waals surface area contributed by atoms with Crippen LogP contribution < -0.4 is 10.4 Å². The van der Waals surface area contributed by atoms with Crippen LogP contribution in [-0.4, -0.2) is 31.8 Å². The monoisotopic (exact) mass is 384 g/mol. The summed E-state index contributed by atoms with van der Waals surface area (Å²) in [7, 11) is -2.70. The van der Waals surface area contributed by atoms with Crippen LogP contribution in [-0.2, 0) is 14.0 Å². The Hall–Kier alpha value is -2.24. The van der Waals surface area contributed by atoms with Crippen molar-refractivity contribution in [3.05, 3.63) is 60.7 Å². The number of ketones is 1. The molecule has 0 bridgehead atoms. The number of carboxylic acids is 1. The minimum atomic E-state index is -2.70. The second kappa shape index (κ2) is 8.63. The van der Waals surface area contributed by atoms with Crippen LogP contribution in [0.25, 0.3) is 0 Å². The first-order valence-electron chi connectivity index (χ1n) is 9.18. The summed E-state index contributed by atoms with van der Waals surface area (Å²) < 4.78 is 6.66. The van der Waals surface area contributed by atoms with Gasteiger partial charge in [-0.25, -0.2) is 0 Å². The summed E-state index contributed by atoms with van der Waals surface area (Å²) in [5, 5.41) is 11.0. The van der Waals surface area contributed by atoms with Gasteiger partial charge in [-0.1, -0.05) is 88.4 Å². The smallest absolute Gasteiger partial charge is 0.310 e. The number of hydrogen-bond donors (Lipinski definition) is 1. The van der Waals surface area contributed by atoms with E-state index >= 15 is 0 Å². The van der Waals surface area contributed by atoms with Gasteiger partial charge in [0.25, 0.3) is 8.32 Å². The van der Waals surface area contributed by atoms with Gasteiger partial charge in [0.2, 0.25) is 0 Å². The molecule has 0 saturated heterocycles. The van der Waals surface area contributed by atoms with E-state index in [0.29, 0.717) is 0 Å². The van der Waals surface area contributed by atoms with E-state index in [0.717, 1.165) is 10.4 Å². The van der Waals surface area contributed by atoms with Crippen molar-refractivity contribution in [2.45, 2.75) is 39.2 Å². The van der Waals surface area contributed by atoms with Crippen molar-refractivity contribution in [3.8, 4) is 0 Å². The number of carboxylic acid groups (broad SMARTS) is 1. The predicted molar refractivity (Wildman–Crippen MR) is 110 cm³/mol. The minimum absolute atomic E-state index is 0.175. The van der Waals surface area contributed by atoms with Crippen LogP contribution >= 0.6 is 0 Å². The Labute approximate surface area is 162 Å². The maximum Gasteiger partial charge on any atom is 0.310 e. The van der Waals surface area contributed by atoms with Crippen LogP contribution in [0.5, 0.6) is 0 Å². The zero-order chi connectivity index (χ0) is 20.1. The van der Waals surface area contributed by atoms with Crippen LogP contribution in [0.4, 0.5) is 0 Å². The molecule has 144 valence electrons. The van der Waals surface area contributed by atoms with Crippen molar-refractivity contribution < 1.29 is 19.1 Å². The SMILES string of the molecule is C[C@H](CO[Si](c1ccccc1)(c1ccccc1)C(C)(C)C)C(=O)CC(=O)O. The topological polar surface area (TPSA) is 63.6 Å². The highest BCUT2D eigenvalue weighted by molar-refractivity contribution is 6.99. The summed E-state index contributed by atoms with van der Waals surface area (Å²) in [5.41, 5.74) is 0. The molecule has 0 aliphatic rings. The Morgan fingerprint density at radius 2 is 1.41 bits per heavy atom. The fourth-order valence-corrected chi connectivity index (χ4v) is 8.08. The lowest BCUT2D eigenvalue weighted by Crippen LogP contribution is -2.67. The van der Waals surface area contributed by atoms with E-state index in [9.17, 15) is 9.59 Å². The van der Waals surface area contributed by atoms with Gasteiger partial charge in [-0.05, 0) is 15.4 Å². The maximum absolute atomic E-state index is 12.1. The number of aliphatic carboxylic acids is 1. The third kappa shape index (κ3) is 4.73. The van der Waals surface area contributed by atoms with Gasteiger partial charge in [-0.2, -0.15) is 0 Å². The molecule has 1 atom stereocenters. The molecule has 2 aromatic rings. The molecule has 0 aliphatic heterocycles. The average molecular weight is 385 g/mol. The van der Waals surface area contributed by atoms with Crippen LogP contribution in [0.2, 0.25) is 5.04 Å². The van der Waals surface area contributed by atoms with Crippen LogP contribution in [0.3, 0.4) is 0 Å². The largest absolute Gasteiger partial charge is 0.481 e. The molecular weight excluding hydrogens is 356 g/mol. The number of carbonyl (C=O) groups is 2. The van der Waals surface area contributed by atoms with Gasteiger partial charge in [-0.15, -0.1) is 0 Å². The average Bonchev–Trinajstić information content (AvgIpc) is 2.62. The molecule has 0 radical (unpaired) electrons. The number of carbonyl (C=O) groups excluding carboxylic acids is 1. The lowest BCUT2D eigenvalue weighted by atomic mass is 10.1. The van der Waals surface area contributed by atoms with Crippen molar-refractivity contribution in [2.24, 2.45) is 5.92 Å². The van der Waals surface area contributed by atoms with Crippen molar-refractivity contribution in [2.75, 3.05) is 6.61 Å². The quantitative estimate of drug-likeness (QED) is 0.561. The summed E-state index contributed by atoms with van der Waals surface area (Å²) in [6.07, 6.45) is -0.467. The molecule has 4 nitrogen and oxygen atoms in total. The molecule has 2 aromatic carbocycles. The Morgan fingerprint density at radius 1 is 0.963 bits per heavy atom. The lowest BCUT2D eigenvalue weighted by molar-refractivity contribution is -0.141. The van der Waals surface area contributed by atoms with Gasteiger partial charge in [0.15, 0.2) is 0 Å². The molecule has 1 N–H and O–H groups in total. The molecule has 2 rings (SSSR count). The number of rotatable bonds is 8. The Bertz CT molecular complexity index is 726. The third-order valence-electron chi connectivity index (χ3n) is 4.84. The summed E-state index contributed by atoms with van der Waals surface area (Å²) in [6, 6.07) is 20.4. The lowest BCUT2D eigenvalue weighted by Gasteiger charge is -2.43. The third-order valence-corrected chi connectivity index (χ3v) is 9.85. The number of hydrogen-bond acceptors (Lipinski definition) is 3. The fraction of sp³-hybridized carbons (Fsp3) is 0.364. The molecule has 0 aromatic heterocycles. The van der Waals surface area contributed by atoms with E-state index in [4.69, 9.17) is 9.53 Å². The molecule has 5 heteroatoms. The highest BCUT2D eigenvalue weighted by atomic mass is 28.4. The van der Waals surface area contributed by atoms with Crippen molar-refractivity contribution in [1.82, 2.24) is 0 Å². The number of benzene rings is 2. The van der Waals surface area contributed by atoms with E-state index in [2.05, 4.69) is 45.0 Å². The number of Topliss-reactive ketones (excluding diaryl/α,β-unsaturated/α-hetero) is 1. The molecule has 0 fully saturated rings. The first-order chi connectivity index (χ1) is 12.7. The minimum Gasteiger partial charge on any atom is -0.481 e. The standard InChI is InChI=1S/C22H28O4Si/c1-17(20(23)15-21(24)25)16-26-27(22(2,3)4,18-11-7-5-8-12-18)19-13-9-6-10-14-19/h5-14,17H,15-16H2,1-4H3,(H,24,25)/t17-/m1/s1. The molecule has 0 aliphatic carbocycles. The predicted octanol–water partition coefficient (Wildman–Crippen LogP) is 3.24. The summed E-state index contributed by atoms with van der Waals surface area (Å²) >= 11 is 0. The fourth-order valence-electron chi connectivity index (χ4n) is 3.43. The molecule has 0 heterocycles. The van der Waals surface area contributed by atoms with Crippen LogP contribution in [0.15, 0.2) is 60.7 Å². The van der Waals surface area contributed by atoms with Crippen molar-refractivity contribution >= 4 is 30.4 Å². The van der Waals surface area contributed by atoms with Gasteiger partial charge in [-0.3, -0.25) is 9.59 Å². The van der Waals surface area contributed by atoms with E-state index in [1.54, 1.807) is 6.92 Å². The van der Waals surface area contributed by atoms with Gasteiger partial charge in [0.05, 0.1) is 0 Å². The highest BCUT2D eigenvalue weighted by Crippen LogP contribution is 2.37. The van der Waals surface area contributed by atoms with E-state index in [1.807, 2.05) is 36.4 Å². The summed E-state index contributed by atoms with van der Waals surface area (Å²) in [5.74, 6) is -1.87.